The molecular formula is C14H18BrNO4. The molecule has 1 aromatic carbocycles. The van der Waals surface area contributed by atoms with Gasteiger partial charge in [-0.05, 0) is 34.0 Å². The summed E-state index contributed by atoms with van der Waals surface area (Å²) in [6.45, 7) is 4.49. The summed E-state index contributed by atoms with van der Waals surface area (Å²) < 4.78 is 11.2. The van der Waals surface area contributed by atoms with Gasteiger partial charge in [-0.15, -0.1) is 0 Å². The quantitative estimate of drug-likeness (QED) is 0.772. The number of hydrogen-bond donors (Lipinski definition) is 1. The van der Waals surface area contributed by atoms with Crippen molar-refractivity contribution >= 4 is 28.1 Å². The fourth-order valence-electron chi connectivity index (χ4n) is 1.43. The molecule has 5 nitrogen and oxygen atoms in total. The Morgan fingerprint density at radius 3 is 2.65 bits per heavy atom. The van der Waals surface area contributed by atoms with E-state index in [-0.39, 0.29) is 12.5 Å². The maximum Gasteiger partial charge on any atom is 0.257 e. The van der Waals surface area contributed by atoms with Gasteiger partial charge in [0, 0.05) is 16.6 Å². The molecule has 0 heterocycles. The van der Waals surface area contributed by atoms with Crippen LogP contribution in [0.15, 0.2) is 16.6 Å². The predicted molar refractivity (Wildman–Crippen MR) is 79.4 cm³/mol. The van der Waals surface area contributed by atoms with Crippen molar-refractivity contribution in [3.63, 3.8) is 0 Å². The highest BCUT2D eigenvalue weighted by Crippen LogP contribution is 2.32. The van der Waals surface area contributed by atoms with Gasteiger partial charge >= 0.3 is 0 Å². The zero-order valence-electron chi connectivity index (χ0n) is 11.7. The molecule has 20 heavy (non-hydrogen) atoms. The van der Waals surface area contributed by atoms with Crippen molar-refractivity contribution in [1.29, 1.82) is 0 Å². The third-order valence-corrected chi connectivity index (χ3v) is 3.16. The monoisotopic (exact) mass is 343 g/mol. The molecule has 0 aliphatic carbocycles. The summed E-state index contributed by atoms with van der Waals surface area (Å²) in [4.78, 5) is 22.5. The highest BCUT2D eigenvalue weighted by Gasteiger charge is 2.11. The SMILES string of the molecule is COc1cc(Br)c(C=O)cc1OCC(=O)NCC(C)C. The van der Waals surface area contributed by atoms with Gasteiger partial charge in [-0.25, -0.2) is 0 Å². The maximum atomic E-state index is 11.6. The molecule has 6 heteroatoms. The highest BCUT2D eigenvalue weighted by atomic mass is 79.9. The molecule has 0 atom stereocenters. The molecule has 0 aliphatic rings. The molecule has 0 fully saturated rings. The molecule has 1 N–H and O–H groups in total. The summed E-state index contributed by atoms with van der Waals surface area (Å²) in [5.41, 5.74) is 0.434. The first-order valence-corrected chi connectivity index (χ1v) is 6.99. The Morgan fingerprint density at radius 2 is 2.10 bits per heavy atom. The van der Waals surface area contributed by atoms with Gasteiger partial charge in [0.15, 0.2) is 24.4 Å². The van der Waals surface area contributed by atoms with Crippen molar-refractivity contribution in [2.45, 2.75) is 13.8 Å². The Labute approximate surface area is 126 Å². The zero-order chi connectivity index (χ0) is 15.1. The summed E-state index contributed by atoms with van der Waals surface area (Å²) in [7, 11) is 1.49. The molecule has 0 aliphatic heterocycles. The van der Waals surface area contributed by atoms with Crippen molar-refractivity contribution in [2.24, 2.45) is 5.92 Å². The second-order valence-electron chi connectivity index (χ2n) is 4.63. The molecule has 0 saturated carbocycles. The number of amides is 1. The minimum Gasteiger partial charge on any atom is -0.493 e. The molecule has 1 aromatic rings. The van der Waals surface area contributed by atoms with Crippen LogP contribution in [0, 0.1) is 5.92 Å². The zero-order valence-corrected chi connectivity index (χ0v) is 13.3. The third-order valence-electron chi connectivity index (χ3n) is 2.48. The number of benzene rings is 1. The van der Waals surface area contributed by atoms with E-state index in [9.17, 15) is 9.59 Å². The summed E-state index contributed by atoms with van der Waals surface area (Å²) >= 11 is 3.26. The number of nitrogens with one attached hydrogen (secondary N) is 1. The van der Waals surface area contributed by atoms with Crippen molar-refractivity contribution in [1.82, 2.24) is 5.32 Å². The van der Waals surface area contributed by atoms with Crippen molar-refractivity contribution in [3.05, 3.63) is 22.2 Å². The molecule has 1 rings (SSSR count). The van der Waals surface area contributed by atoms with Crippen LogP contribution in [0.1, 0.15) is 24.2 Å². The molecule has 1 amide bonds. The van der Waals surface area contributed by atoms with E-state index in [2.05, 4.69) is 21.2 Å². The largest absolute Gasteiger partial charge is 0.493 e. The number of carbonyl (C=O) groups is 2. The third kappa shape index (κ3) is 4.85. The fraction of sp³-hybridized carbons (Fsp3) is 0.429. The minimum absolute atomic E-state index is 0.122. The molecule has 0 spiro atoms. The van der Waals surface area contributed by atoms with Gasteiger partial charge in [0.1, 0.15) is 0 Å². The highest BCUT2D eigenvalue weighted by molar-refractivity contribution is 9.10. The van der Waals surface area contributed by atoms with Crippen LogP contribution in [-0.2, 0) is 4.79 Å². The summed E-state index contributed by atoms with van der Waals surface area (Å²) in [5, 5.41) is 2.75. The summed E-state index contributed by atoms with van der Waals surface area (Å²) in [5.74, 6) is 0.982. The minimum atomic E-state index is -0.212. The fourth-order valence-corrected chi connectivity index (χ4v) is 1.84. The van der Waals surface area contributed by atoms with Gasteiger partial charge in [0.05, 0.1) is 7.11 Å². The first-order valence-electron chi connectivity index (χ1n) is 6.20. The average molecular weight is 344 g/mol. The molecule has 0 aromatic heterocycles. The van der Waals surface area contributed by atoms with Gasteiger partial charge in [-0.3, -0.25) is 9.59 Å². The number of rotatable bonds is 7. The van der Waals surface area contributed by atoms with Crippen molar-refractivity contribution < 1.29 is 19.1 Å². The second kappa shape index (κ2) is 7.89. The maximum absolute atomic E-state index is 11.6. The van der Waals surface area contributed by atoms with E-state index in [0.717, 1.165) is 0 Å². The number of halogens is 1. The van der Waals surface area contributed by atoms with Crippen LogP contribution in [0.2, 0.25) is 0 Å². The number of methoxy groups -OCH3 is 1. The molecule has 0 saturated heterocycles. The Hall–Kier alpha value is -1.56. The van der Waals surface area contributed by atoms with E-state index in [1.807, 2.05) is 13.8 Å². The van der Waals surface area contributed by atoms with Gasteiger partial charge < -0.3 is 14.8 Å². The first kappa shape index (κ1) is 16.5. The predicted octanol–water partition coefficient (Wildman–Crippen LogP) is 2.42. The van der Waals surface area contributed by atoms with Crippen LogP contribution in [-0.4, -0.2) is 32.5 Å². The standard InChI is InChI=1S/C14H18BrNO4/c1-9(2)6-16-14(18)8-20-13-4-10(7-17)11(15)5-12(13)19-3/h4-5,7,9H,6,8H2,1-3H3,(H,16,18). The Kier molecular flexibility index (Phi) is 6.51. The van der Waals surface area contributed by atoms with E-state index in [4.69, 9.17) is 9.47 Å². The van der Waals surface area contributed by atoms with Crippen LogP contribution in [0.5, 0.6) is 11.5 Å². The van der Waals surface area contributed by atoms with Crippen LogP contribution in [0.4, 0.5) is 0 Å². The van der Waals surface area contributed by atoms with E-state index in [1.54, 1.807) is 6.07 Å². The normalized spacial score (nSPS) is 10.2. The lowest BCUT2D eigenvalue weighted by molar-refractivity contribution is -0.123. The van der Waals surface area contributed by atoms with E-state index < -0.39 is 0 Å². The smallest absolute Gasteiger partial charge is 0.257 e. The first-order chi connectivity index (χ1) is 9.47. The second-order valence-corrected chi connectivity index (χ2v) is 5.48. The Morgan fingerprint density at radius 1 is 1.40 bits per heavy atom. The number of hydrogen-bond acceptors (Lipinski definition) is 4. The molecule has 110 valence electrons. The molecule has 0 radical (unpaired) electrons. The number of ether oxygens (including phenoxy) is 2. The van der Waals surface area contributed by atoms with Crippen LogP contribution < -0.4 is 14.8 Å². The van der Waals surface area contributed by atoms with Crippen molar-refractivity contribution in [3.8, 4) is 11.5 Å². The summed E-state index contributed by atoms with van der Waals surface area (Å²) in [6.07, 6.45) is 0.704. The lowest BCUT2D eigenvalue weighted by Crippen LogP contribution is -2.31. The lowest BCUT2D eigenvalue weighted by Gasteiger charge is -2.13. The van der Waals surface area contributed by atoms with E-state index in [0.29, 0.717) is 40.3 Å². The lowest BCUT2D eigenvalue weighted by atomic mass is 10.2. The Bertz CT molecular complexity index is 488. The Balaban J connectivity index is 2.71. The van der Waals surface area contributed by atoms with Gasteiger partial charge in [-0.1, -0.05) is 13.8 Å². The molecule has 0 unspecified atom stereocenters. The van der Waals surface area contributed by atoms with Crippen LogP contribution in [0.3, 0.4) is 0 Å². The van der Waals surface area contributed by atoms with Gasteiger partial charge in [0.25, 0.3) is 5.91 Å². The molecular weight excluding hydrogens is 326 g/mol. The number of carbonyl (C=O) groups excluding carboxylic acids is 2. The average Bonchev–Trinajstić information content (AvgIpc) is 2.43. The van der Waals surface area contributed by atoms with E-state index >= 15 is 0 Å². The molecule has 0 bridgehead atoms. The van der Waals surface area contributed by atoms with Gasteiger partial charge in [-0.2, -0.15) is 0 Å². The van der Waals surface area contributed by atoms with Crippen molar-refractivity contribution in [2.75, 3.05) is 20.3 Å². The van der Waals surface area contributed by atoms with Crippen LogP contribution in [0.25, 0.3) is 0 Å². The van der Waals surface area contributed by atoms with E-state index in [1.165, 1.54) is 13.2 Å². The van der Waals surface area contributed by atoms with Crippen LogP contribution >= 0.6 is 15.9 Å². The number of aldehydes is 1. The topological polar surface area (TPSA) is 64.6 Å². The summed E-state index contributed by atoms with van der Waals surface area (Å²) in [6, 6.07) is 3.16. The van der Waals surface area contributed by atoms with Gasteiger partial charge in [0.2, 0.25) is 0 Å².